The molecule has 0 radical (unpaired) electrons. The molecule has 2 unspecified atom stereocenters. The zero-order valence-electron chi connectivity index (χ0n) is 14.3. The Balaban J connectivity index is 0.00000264. The van der Waals surface area contributed by atoms with Gasteiger partial charge in [-0.3, -0.25) is 9.59 Å². The van der Waals surface area contributed by atoms with E-state index in [1.54, 1.807) is 0 Å². The first-order valence-electron chi connectivity index (χ1n) is 8.85. The van der Waals surface area contributed by atoms with Gasteiger partial charge >= 0.3 is 0 Å². The van der Waals surface area contributed by atoms with Crippen LogP contribution < -0.4 is 11.1 Å². The quantitative estimate of drug-likeness (QED) is 0.820. The average molecular weight is 346 g/mol. The molecule has 1 heterocycles. The molecule has 0 aromatic carbocycles. The van der Waals surface area contributed by atoms with Gasteiger partial charge in [-0.25, -0.2) is 0 Å². The Morgan fingerprint density at radius 2 is 1.78 bits per heavy atom. The number of rotatable bonds is 4. The second kappa shape index (κ2) is 9.48. The lowest BCUT2D eigenvalue weighted by molar-refractivity contribution is -0.131. The second-order valence-electron chi connectivity index (χ2n) is 7.14. The van der Waals surface area contributed by atoms with Gasteiger partial charge in [0.15, 0.2) is 0 Å². The Hall–Kier alpha value is -0.810. The number of nitrogens with one attached hydrogen (secondary N) is 1. The molecule has 0 aromatic heterocycles. The van der Waals surface area contributed by atoms with Crippen molar-refractivity contribution in [3.8, 4) is 0 Å². The number of carbonyl (C=O) groups excluding carboxylic acids is 2. The molecular weight excluding hydrogens is 314 g/mol. The average Bonchev–Trinajstić information content (AvgIpc) is 2.75. The topological polar surface area (TPSA) is 75.4 Å². The van der Waals surface area contributed by atoms with Crippen LogP contribution in [0, 0.1) is 5.92 Å². The minimum Gasteiger partial charge on any atom is -0.355 e. The first-order valence-corrected chi connectivity index (χ1v) is 8.85. The van der Waals surface area contributed by atoms with Crippen LogP contribution in [0.4, 0.5) is 0 Å². The third kappa shape index (κ3) is 5.96. The van der Waals surface area contributed by atoms with Crippen molar-refractivity contribution in [3.63, 3.8) is 0 Å². The van der Waals surface area contributed by atoms with Crippen LogP contribution in [0.2, 0.25) is 0 Å². The number of carbonyl (C=O) groups is 2. The Morgan fingerprint density at radius 1 is 1.13 bits per heavy atom. The molecule has 1 saturated carbocycles. The Morgan fingerprint density at radius 3 is 2.39 bits per heavy atom. The van der Waals surface area contributed by atoms with Gasteiger partial charge in [0.05, 0.1) is 5.92 Å². The van der Waals surface area contributed by atoms with Gasteiger partial charge in [0.2, 0.25) is 11.8 Å². The van der Waals surface area contributed by atoms with Gasteiger partial charge in [-0.05, 0) is 32.6 Å². The highest BCUT2D eigenvalue weighted by Crippen LogP contribution is 2.31. The van der Waals surface area contributed by atoms with Crippen molar-refractivity contribution in [1.29, 1.82) is 0 Å². The fourth-order valence-corrected chi connectivity index (χ4v) is 3.68. The molecule has 1 aliphatic carbocycles. The summed E-state index contributed by atoms with van der Waals surface area (Å²) in [4.78, 5) is 26.4. The van der Waals surface area contributed by atoms with Crippen LogP contribution in [0.15, 0.2) is 0 Å². The maximum Gasteiger partial charge on any atom is 0.224 e. The summed E-state index contributed by atoms with van der Waals surface area (Å²) in [6, 6.07) is 0. The summed E-state index contributed by atoms with van der Waals surface area (Å²) in [5.74, 6) is 0.0734. The number of amides is 2. The van der Waals surface area contributed by atoms with E-state index in [9.17, 15) is 9.59 Å². The molecule has 6 heteroatoms. The molecule has 1 aliphatic heterocycles. The van der Waals surface area contributed by atoms with Gasteiger partial charge in [-0.15, -0.1) is 12.4 Å². The molecule has 0 aromatic rings. The minimum atomic E-state index is -0.406. The molecule has 2 atom stereocenters. The maximum absolute atomic E-state index is 12.3. The molecular formula is C17H32ClN3O2. The number of nitrogens with two attached hydrogens (primary N) is 1. The number of hydrogen-bond acceptors (Lipinski definition) is 3. The number of likely N-dealkylation sites (tertiary alicyclic amines) is 1. The van der Waals surface area contributed by atoms with E-state index in [-0.39, 0.29) is 30.1 Å². The smallest absolute Gasteiger partial charge is 0.224 e. The molecule has 23 heavy (non-hydrogen) atoms. The van der Waals surface area contributed by atoms with E-state index in [4.69, 9.17) is 5.73 Å². The molecule has 5 nitrogen and oxygen atoms in total. The summed E-state index contributed by atoms with van der Waals surface area (Å²) in [6.45, 7) is 4.14. The van der Waals surface area contributed by atoms with Crippen molar-refractivity contribution in [2.75, 3.05) is 19.6 Å². The van der Waals surface area contributed by atoms with E-state index < -0.39 is 5.54 Å². The molecule has 0 bridgehead atoms. The molecule has 2 amide bonds. The summed E-state index contributed by atoms with van der Waals surface area (Å²) in [5.41, 5.74) is 5.85. The lowest BCUT2D eigenvalue weighted by atomic mass is 9.74. The normalized spacial score (nSPS) is 28.4. The zero-order chi connectivity index (χ0) is 16.0. The summed E-state index contributed by atoms with van der Waals surface area (Å²) < 4.78 is 0. The largest absolute Gasteiger partial charge is 0.355 e. The first-order chi connectivity index (χ1) is 10.5. The summed E-state index contributed by atoms with van der Waals surface area (Å²) >= 11 is 0. The molecule has 3 N–H and O–H groups in total. The monoisotopic (exact) mass is 345 g/mol. The third-order valence-electron chi connectivity index (χ3n) is 5.17. The van der Waals surface area contributed by atoms with Crippen LogP contribution >= 0.6 is 12.4 Å². The Labute approximate surface area is 146 Å². The molecule has 0 spiro atoms. The highest BCUT2D eigenvalue weighted by atomic mass is 35.5. The van der Waals surface area contributed by atoms with E-state index in [1.807, 2.05) is 11.8 Å². The van der Waals surface area contributed by atoms with Gasteiger partial charge in [-0.2, -0.15) is 0 Å². The van der Waals surface area contributed by atoms with Crippen LogP contribution in [0.3, 0.4) is 0 Å². The SMILES string of the molecule is CC1(N)CCCCC1C(=O)NCCC(=O)N1CCCCCC1.Cl. The summed E-state index contributed by atoms with van der Waals surface area (Å²) in [5, 5.41) is 2.93. The lowest BCUT2D eigenvalue weighted by Crippen LogP contribution is -2.53. The van der Waals surface area contributed by atoms with Crippen molar-refractivity contribution in [1.82, 2.24) is 10.2 Å². The van der Waals surface area contributed by atoms with Crippen LogP contribution in [-0.2, 0) is 9.59 Å². The van der Waals surface area contributed by atoms with E-state index >= 15 is 0 Å². The standard InChI is InChI=1S/C17H31N3O2.ClH/c1-17(18)10-5-4-8-14(17)16(22)19-11-9-15(21)20-12-6-2-3-7-13-20;/h14H,2-13,18H2,1H3,(H,19,22);1H. The molecule has 2 aliphatic rings. The van der Waals surface area contributed by atoms with Gasteiger partial charge in [0, 0.05) is 31.6 Å². The van der Waals surface area contributed by atoms with Gasteiger partial charge in [0.25, 0.3) is 0 Å². The zero-order valence-corrected chi connectivity index (χ0v) is 15.1. The van der Waals surface area contributed by atoms with Crippen molar-refractivity contribution < 1.29 is 9.59 Å². The summed E-state index contributed by atoms with van der Waals surface area (Å²) in [6.07, 6.45) is 8.98. The van der Waals surface area contributed by atoms with Crippen LogP contribution in [0.5, 0.6) is 0 Å². The number of hydrogen-bond donors (Lipinski definition) is 2. The first kappa shape index (κ1) is 20.2. The van der Waals surface area contributed by atoms with Crippen LogP contribution in [0.1, 0.15) is 64.7 Å². The Bertz CT molecular complexity index is 393. The fourth-order valence-electron chi connectivity index (χ4n) is 3.68. The van der Waals surface area contributed by atoms with Crippen LogP contribution in [0.25, 0.3) is 0 Å². The molecule has 2 fully saturated rings. The lowest BCUT2D eigenvalue weighted by Gasteiger charge is -2.37. The fraction of sp³-hybridized carbons (Fsp3) is 0.882. The van der Waals surface area contributed by atoms with E-state index in [0.717, 1.165) is 51.6 Å². The molecule has 134 valence electrons. The number of halogens is 1. The van der Waals surface area contributed by atoms with Crippen molar-refractivity contribution in [2.24, 2.45) is 11.7 Å². The Kier molecular flexibility index (Phi) is 8.34. The van der Waals surface area contributed by atoms with E-state index in [0.29, 0.717) is 13.0 Å². The van der Waals surface area contributed by atoms with Crippen molar-refractivity contribution in [3.05, 3.63) is 0 Å². The number of nitrogens with zero attached hydrogens (tertiary/aromatic N) is 1. The maximum atomic E-state index is 12.3. The van der Waals surface area contributed by atoms with Gasteiger partial charge in [-0.1, -0.05) is 25.7 Å². The van der Waals surface area contributed by atoms with Crippen molar-refractivity contribution >= 4 is 24.2 Å². The van der Waals surface area contributed by atoms with E-state index in [1.165, 1.54) is 12.8 Å². The highest BCUT2D eigenvalue weighted by Gasteiger charge is 2.37. The predicted octanol–water partition coefficient (Wildman–Crippen LogP) is 2.22. The van der Waals surface area contributed by atoms with E-state index in [2.05, 4.69) is 5.32 Å². The second-order valence-corrected chi connectivity index (χ2v) is 7.14. The van der Waals surface area contributed by atoms with Crippen LogP contribution in [-0.4, -0.2) is 41.9 Å². The van der Waals surface area contributed by atoms with Crippen molar-refractivity contribution in [2.45, 2.75) is 70.3 Å². The predicted molar refractivity (Wildman–Crippen MR) is 94.5 cm³/mol. The van der Waals surface area contributed by atoms with Gasteiger partial charge in [0.1, 0.15) is 0 Å². The minimum absolute atomic E-state index is 0. The molecule has 2 rings (SSSR count). The summed E-state index contributed by atoms with van der Waals surface area (Å²) in [7, 11) is 0. The highest BCUT2D eigenvalue weighted by molar-refractivity contribution is 5.85. The third-order valence-corrected chi connectivity index (χ3v) is 5.17. The van der Waals surface area contributed by atoms with Gasteiger partial charge < -0.3 is 16.0 Å². The molecule has 1 saturated heterocycles.